The first-order valence-corrected chi connectivity index (χ1v) is 12.1. The molecule has 0 aliphatic heterocycles. The number of nitrogens with one attached hydrogen (secondary N) is 2. The Morgan fingerprint density at radius 2 is 1.79 bits per heavy atom. The van der Waals surface area contributed by atoms with Crippen LogP contribution in [0.5, 0.6) is 0 Å². The molecule has 174 valence electrons. The van der Waals surface area contributed by atoms with E-state index in [0.29, 0.717) is 29.7 Å². The van der Waals surface area contributed by atoms with Crippen molar-refractivity contribution in [3.63, 3.8) is 0 Å². The first kappa shape index (κ1) is 23.4. The lowest BCUT2D eigenvalue weighted by atomic mass is 9.79. The molecule has 0 saturated heterocycles. The van der Waals surface area contributed by atoms with E-state index >= 15 is 0 Å². The smallest absolute Gasteiger partial charge is 0.262 e. The fourth-order valence-electron chi connectivity index (χ4n) is 4.91. The molecule has 1 fully saturated rings. The summed E-state index contributed by atoms with van der Waals surface area (Å²) in [6, 6.07) is 14.1. The Kier molecular flexibility index (Phi) is 7.38. The Morgan fingerprint density at radius 3 is 2.55 bits per heavy atom. The van der Waals surface area contributed by atoms with E-state index < -0.39 is 0 Å². The maximum atomic E-state index is 13.3. The number of carbonyl (C=O) groups is 1. The van der Waals surface area contributed by atoms with Crippen LogP contribution in [0.4, 0.5) is 4.39 Å². The minimum atomic E-state index is -0.233. The number of halogens is 1. The van der Waals surface area contributed by atoms with Gasteiger partial charge in [-0.05, 0) is 67.7 Å². The molecule has 0 radical (unpaired) electrons. The number of carbonyl (C=O) groups excluding carboxylic acids is 1. The van der Waals surface area contributed by atoms with Gasteiger partial charge in [-0.1, -0.05) is 43.5 Å². The van der Waals surface area contributed by atoms with Crippen molar-refractivity contribution in [3.05, 3.63) is 75.0 Å². The molecule has 7 heteroatoms. The van der Waals surface area contributed by atoms with Gasteiger partial charge < -0.3 is 10.3 Å². The highest BCUT2D eigenvalue weighted by Crippen LogP contribution is 2.40. The highest BCUT2D eigenvalue weighted by Gasteiger charge is 2.35. The fourth-order valence-corrected chi connectivity index (χ4v) is 5.20. The van der Waals surface area contributed by atoms with Crippen molar-refractivity contribution in [1.29, 1.82) is 0 Å². The summed E-state index contributed by atoms with van der Waals surface area (Å²) in [6.07, 6.45) is 7.12. The summed E-state index contributed by atoms with van der Waals surface area (Å²) in [7, 11) is 0. The lowest BCUT2D eigenvalue weighted by Gasteiger charge is -2.30. The fraction of sp³-hybridized carbons (Fsp3) is 0.423. The van der Waals surface area contributed by atoms with Crippen molar-refractivity contribution < 1.29 is 9.18 Å². The van der Waals surface area contributed by atoms with E-state index in [1.54, 1.807) is 10.6 Å². The number of hydrogen-bond donors (Lipinski definition) is 2. The molecule has 5 nitrogen and oxygen atoms in total. The Labute approximate surface area is 198 Å². The molecule has 4 rings (SSSR count). The number of aromatic amines is 1. The van der Waals surface area contributed by atoms with E-state index in [-0.39, 0.29) is 22.7 Å². The number of hydrogen-bond acceptors (Lipinski definition) is 3. The molecule has 1 aliphatic carbocycles. The standard InChI is InChI=1S/C26H30FN3O2S/c27-20-13-11-19(12-14-20)26(15-5-6-16-26)18-28-23(31)10-2-1-7-17-30-24(32)21-8-3-4-9-22(21)29-25(30)33/h3-4,8-9,11-14H,1-2,5-7,10,15-18H2,(H,28,31)(H,29,33). The van der Waals surface area contributed by atoms with Gasteiger partial charge in [0.15, 0.2) is 4.77 Å². The molecule has 0 spiro atoms. The summed E-state index contributed by atoms with van der Waals surface area (Å²) in [4.78, 5) is 28.3. The van der Waals surface area contributed by atoms with Crippen LogP contribution >= 0.6 is 12.2 Å². The number of aromatic nitrogens is 2. The summed E-state index contributed by atoms with van der Waals surface area (Å²) in [5.74, 6) is -0.188. The zero-order valence-electron chi connectivity index (χ0n) is 18.7. The average molecular weight is 468 g/mol. The number of benzene rings is 2. The van der Waals surface area contributed by atoms with Gasteiger partial charge in [0.25, 0.3) is 5.56 Å². The van der Waals surface area contributed by atoms with Crippen molar-refractivity contribution in [2.24, 2.45) is 0 Å². The quantitative estimate of drug-likeness (QED) is 0.328. The van der Waals surface area contributed by atoms with Crippen LogP contribution in [0.1, 0.15) is 56.9 Å². The molecule has 2 N–H and O–H groups in total. The predicted molar refractivity (Wildman–Crippen MR) is 131 cm³/mol. The maximum absolute atomic E-state index is 13.3. The summed E-state index contributed by atoms with van der Waals surface area (Å²) in [6.45, 7) is 1.13. The van der Waals surface area contributed by atoms with Crippen LogP contribution in [-0.2, 0) is 16.8 Å². The monoisotopic (exact) mass is 467 g/mol. The van der Waals surface area contributed by atoms with Crippen molar-refractivity contribution in [3.8, 4) is 0 Å². The normalized spacial score (nSPS) is 15.1. The van der Waals surface area contributed by atoms with Crippen LogP contribution in [0.2, 0.25) is 0 Å². The number of nitrogens with zero attached hydrogens (tertiary/aromatic N) is 1. The van der Waals surface area contributed by atoms with Gasteiger partial charge in [-0.3, -0.25) is 14.2 Å². The van der Waals surface area contributed by atoms with Gasteiger partial charge in [0.1, 0.15) is 5.82 Å². The molecule has 0 bridgehead atoms. The first-order chi connectivity index (χ1) is 16.0. The molecule has 2 aromatic carbocycles. The van der Waals surface area contributed by atoms with Gasteiger partial charge in [-0.25, -0.2) is 4.39 Å². The van der Waals surface area contributed by atoms with Crippen LogP contribution in [0.3, 0.4) is 0 Å². The summed E-state index contributed by atoms with van der Waals surface area (Å²) >= 11 is 5.35. The van der Waals surface area contributed by atoms with Crippen LogP contribution in [0, 0.1) is 10.6 Å². The molecule has 1 amide bonds. The van der Waals surface area contributed by atoms with Crippen LogP contribution < -0.4 is 10.9 Å². The van der Waals surface area contributed by atoms with Gasteiger partial charge in [0, 0.05) is 24.9 Å². The predicted octanol–water partition coefficient (Wildman–Crippen LogP) is 5.39. The first-order valence-electron chi connectivity index (χ1n) is 11.7. The molecule has 0 unspecified atom stereocenters. The minimum Gasteiger partial charge on any atom is -0.355 e. The van der Waals surface area contributed by atoms with E-state index in [4.69, 9.17) is 12.2 Å². The van der Waals surface area contributed by atoms with Crippen LogP contribution in [-0.4, -0.2) is 22.0 Å². The summed E-state index contributed by atoms with van der Waals surface area (Å²) in [5.41, 5.74) is 1.70. The Bertz CT molecular complexity index is 1230. The number of para-hydroxylation sites is 1. The molecule has 1 heterocycles. The molecular formula is C26H30FN3O2S. The molecule has 33 heavy (non-hydrogen) atoms. The Morgan fingerprint density at radius 1 is 1.06 bits per heavy atom. The SMILES string of the molecule is O=C(CCCCCn1c(=S)[nH]c2ccccc2c1=O)NCC1(c2ccc(F)cc2)CCCC1. The Balaban J connectivity index is 1.25. The lowest BCUT2D eigenvalue weighted by molar-refractivity contribution is -0.121. The van der Waals surface area contributed by atoms with Gasteiger partial charge in [0.2, 0.25) is 5.91 Å². The van der Waals surface area contributed by atoms with E-state index in [1.807, 2.05) is 30.3 Å². The molecular weight excluding hydrogens is 437 g/mol. The second kappa shape index (κ2) is 10.4. The highest BCUT2D eigenvalue weighted by molar-refractivity contribution is 7.71. The second-order valence-electron chi connectivity index (χ2n) is 9.01. The zero-order chi connectivity index (χ0) is 23.3. The van der Waals surface area contributed by atoms with E-state index in [9.17, 15) is 14.0 Å². The van der Waals surface area contributed by atoms with Gasteiger partial charge in [-0.2, -0.15) is 0 Å². The molecule has 0 atom stereocenters. The van der Waals surface area contributed by atoms with Crippen molar-refractivity contribution in [2.45, 2.75) is 63.3 Å². The van der Waals surface area contributed by atoms with Crippen molar-refractivity contribution in [2.75, 3.05) is 6.54 Å². The topological polar surface area (TPSA) is 66.9 Å². The van der Waals surface area contributed by atoms with Gasteiger partial charge in [0.05, 0.1) is 10.9 Å². The third kappa shape index (κ3) is 5.41. The molecule has 1 saturated carbocycles. The zero-order valence-corrected chi connectivity index (χ0v) is 19.6. The lowest BCUT2D eigenvalue weighted by Crippen LogP contribution is -2.39. The van der Waals surface area contributed by atoms with Gasteiger partial charge >= 0.3 is 0 Å². The largest absolute Gasteiger partial charge is 0.355 e. The van der Waals surface area contributed by atoms with E-state index in [1.165, 1.54) is 12.1 Å². The van der Waals surface area contributed by atoms with Crippen molar-refractivity contribution in [1.82, 2.24) is 14.9 Å². The third-order valence-corrected chi connectivity index (χ3v) is 7.14. The highest BCUT2D eigenvalue weighted by atomic mass is 32.1. The van der Waals surface area contributed by atoms with Crippen LogP contribution in [0.25, 0.3) is 10.9 Å². The van der Waals surface area contributed by atoms with E-state index in [2.05, 4.69) is 10.3 Å². The van der Waals surface area contributed by atoms with Gasteiger partial charge in [-0.15, -0.1) is 0 Å². The number of rotatable bonds is 9. The minimum absolute atomic E-state index is 0.0450. The third-order valence-electron chi connectivity index (χ3n) is 6.82. The number of unbranched alkanes of at least 4 members (excludes halogenated alkanes) is 2. The number of H-pyrrole nitrogens is 1. The maximum Gasteiger partial charge on any atom is 0.262 e. The molecule has 1 aromatic heterocycles. The number of amides is 1. The van der Waals surface area contributed by atoms with E-state index in [0.717, 1.165) is 56.0 Å². The average Bonchev–Trinajstić information content (AvgIpc) is 3.30. The second-order valence-corrected chi connectivity index (χ2v) is 9.40. The Hall–Kier alpha value is -2.80. The molecule has 1 aliphatic rings. The summed E-state index contributed by atoms with van der Waals surface area (Å²) < 4.78 is 15.4. The molecule has 3 aromatic rings. The van der Waals surface area contributed by atoms with Crippen molar-refractivity contribution >= 4 is 29.0 Å². The number of fused-ring (bicyclic) bond motifs is 1. The summed E-state index contributed by atoms with van der Waals surface area (Å²) in [5, 5.41) is 3.75. The van der Waals surface area contributed by atoms with Crippen LogP contribution in [0.15, 0.2) is 53.3 Å².